The summed E-state index contributed by atoms with van der Waals surface area (Å²) in [6.45, 7) is 2.23. The molecular weight excluding hydrogens is 537 g/mol. The molecule has 0 saturated carbocycles. The minimum absolute atomic E-state index is 0.0374. The zero-order valence-corrected chi connectivity index (χ0v) is 22.1. The van der Waals surface area contributed by atoms with Gasteiger partial charge >= 0.3 is 0 Å². The van der Waals surface area contributed by atoms with Crippen LogP contribution in [0, 0.1) is 17.5 Å². The molecule has 1 N–H and O–H groups in total. The Morgan fingerprint density at radius 2 is 1.84 bits per heavy atom. The van der Waals surface area contributed by atoms with E-state index >= 15 is 0 Å². The van der Waals surface area contributed by atoms with Gasteiger partial charge in [-0.25, -0.2) is 18.2 Å². The lowest BCUT2D eigenvalue weighted by atomic mass is 10.0. The number of benzene rings is 3. The Labute approximate surface area is 227 Å². The summed E-state index contributed by atoms with van der Waals surface area (Å²) >= 11 is 7.42. The Hall–Kier alpha value is -3.40. The molecule has 1 atom stereocenters. The fraction of sp³-hybridized carbons (Fsp3) is 0.179. The number of aliphatic hydroxyl groups is 1. The van der Waals surface area contributed by atoms with E-state index < -0.39 is 23.6 Å². The first-order valence-corrected chi connectivity index (χ1v) is 12.9. The van der Waals surface area contributed by atoms with Gasteiger partial charge in [0, 0.05) is 28.1 Å². The Bertz CT molecular complexity index is 1420. The van der Waals surface area contributed by atoms with Crippen molar-refractivity contribution in [3.05, 3.63) is 112 Å². The SMILES string of the molecule is CCOC=Cc1nc(SCc2c(F)cccc2Cl)n(-c2ccc(F)cc2)c1C(O)c1ccc(F)c(OC)c1. The number of hydrogen-bond acceptors (Lipinski definition) is 5. The molecule has 0 fully saturated rings. The number of nitrogens with zero attached hydrogens (tertiary/aromatic N) is 2. The molecule has 5 nitrogen and oxygen atoms in total. The van der Waals surface area contributed by atoms with Crippen molar-refractivity contribution in [1.82, 2.24) is 9.55 Å². The van der Waals surface area contributed by atoms with Crippen molar-refractivity contribution in [2.45, 2.75) is 23.9 Å². The lowest BCUT2D eigenvalue weighted by Gasteiger charge is -2.18. The highest BCUT2D eigenvalue weighted by Gasteiger charge is 2.26. The summed E-state index contributed by atoms with van der Waals surface area (Å²) in [5, 5.41) is 12.2. The van der Waals surface area contributed by atoms with Gasteiger partial charge in [0.25, 0.3) is 0 Å². The van der Waals surface area contributed by atoms with Crippen molar-refractivity contribution in [2.24, 2.45) is 0 Å². The van der Waals surface area contributed by atoms with Crippen LogP contribution in [0.2, 0.25) is 5.02 Å². The summed E-state index contributed by atoms with van der Waals surface area (Å²) in [4.78, 5) is 4.70. The molecule has 4 aromatic rings. The summed E-state index contributed by atoms with van der Waals surface area (Å²) in [7, 11) is 1.33. The van der Waals surface area contributed by atoms with E-state index in [0.717, 1.165) is 0 Å². The fourth-order valence-corrected chi connectivity index (χ4v) is 5.14. The second-order valence-corrected chi connectivity index (χ2v) is 9.37. The highest BCUT2D eigenvalue weighted by molar-refractivity contribution is 7.98. The molecule has 0 amide bonds. The topological polar surface area (TPSA) is 56.5 Å². The quantitative estimate of drug-likeness (QED) is 0.162. The molecule has 0 aliphatic rings. The van der Waals surface area contributed by atoms with Gasteiger partial charge in [0.1, 0.15) is 17.7 Å². The van der Waals surface area contributed by atoms with Crippen molar-refractivity contribution in [3.63, 3.8) is 0 Å². The molecule has 198 valence electrons. The number of rotatable bonds is 10. The van der Waals surface area contributed by atoms with E-state index in [2.05, 4.69) is 0 Å². The van der Waals surface area contributed by atoms with Crippen LogP contribution in [0.4, 0.5) is 13.2 Å². The van der Waals surface area contributed by atoms with Crippen molar-refractivity contribution in [1.29, 1.82) is 0 Å². The maximum atomic E-state index is 14.5. The summed E-state index contributed by atoms with van der Waals surface area (Å²) in [6.07, 6.45) is 1.74. The summed E-state index contributed by atoms with van der Waals surface area (Å²) < 4.78 is 54.5. The molecule has 1 heterocycles. The van der Waals surface area contributed by atoms with Crippen LogP contribution in [0.15, 0.2) is 72.1 Å². The van der Waals surface area contributed by atoms with Gasteiger partial charge in [-0.15, -0.1) is 0 Å². The molecule has 3 aromatic carbocycles. The number of hydrogen-bond donors (Lipinski definition) is 1. The van der Waals surface area contributed by atoms with Gasteiger partial charge in [0.2, 0.25) is 0 Å². The van der Waals surface area contributed by atoms with Crippen LogP contribution in [0.25, 0.3) is 11.8 Å². The number of ether oxygens (including phenoxy) is 2. The molecular formula is C28H24ClF3N2O3S. The number of thioether (sulfide) groups is 1. The third kappa shape index (κ3) is 6.01. The van der Waals surface area contributed by atoms with Crippen LogP contribution in [-0.2, 0) is 10.5 Å². The van der Waals surface area contributed by atoms with E-state index in [1.807, 2.05) is 6.92 Å². The van der Waals surface area contributed by atoms with Crippen LogP contribution >= 0.6 is 23.4 Å². The minimum atomic E-state index is -1.30. The maximum Gasteiger partial charge on any atom is 0.173 e. The number of aliphatic hydroxyl groups excluding tert-OH is 1. The first-order chi connectivity index (χ1) is 18.3. The monoisotopic (exact) mass is 560 g/mol. The predicted molar refractivity (Wildman–Crippen MR) is 142 cm³/mol. The van der Waals surface area contributed by atoms with E-state index in [0.29, 0.717) is 40.0 Å². The molecule has 0 aliphatic carbocycles. The van der Waals surface area contributed by atoms with Crippen LogP contribution in [0.1, 0.15) is 35.5 Å². The van der Waals surface area contributed by atoms with Gasteiger partial charge in [-0.1, -0.05) is 35.5 Å². The zero-order chi connectivity index (χ0) is 27.2. The summed E-state index contributed by atoms with van der Waals surface area (Å²) in [6, 6.07) is 14.1. The number of methoxy groups -OCH3 is 1. The van der Waals surface area contributed by atoms with Crippen LogP contribution in [-0.4, -0.2) is 28.4 Å². The molecule has 0 saturated heterocycles. The maximum absolute atomic E-state index is 14.5. The zero-order valence-electron chi connectivity index (χ0n) is 20.5. The number of halogens is 4. The van der Waals surface area contributed by atoms with E-state index in [1.54, 1.807) is 16.7 Å². The lowest BCUT2D eigenvalue weighted by Crippen LogP contribution is -2.10. The Morgan fingerprint density at radius 1 is 1.08 bits per heavy atom. The van der Waals surface area contributed by atoms with Gasteiger partial charge < -0.3 is 14.6 Å². The van der Waals surface area contributed by atoms with E-state index in [4.69, 9.17) is 26.1 Å². The molecule has 1 unspecified atom stereocenters. The molecule has 0 radical (unpaired) electrons. The third-order valence-corrected chi connectivity index (χ3v) is 6.96. The van der Waals surface area contributed by atoms with Crippen molar-refractivity contribution < 1.29 is 27.8 Å². The van der Waals surface area contributed by atoms with E-state index in [-0.39, 0.29) is 16.5 Å². The Morgan fingerprint density at radius 3 is 2.53 bits per heavy atom. The van der Waals surface area contributed by atoms with Crippen molar-refractivity contribution in [2.75, 3.05) is 13.7 Å². The van der Waals surface area contributed by atoms with Gasteiger partial charge in [0.15, 0.2) is 16.7 Å². The molecule has 1 aromatic heterocycles. The second kappa shape index (κ2) is 12.4. The van der Waals surface area contributed by atoms with Gasteiger partial charge in [-0.2, -0.15) is 0 Å². The molecule has 10 heteroatoms. The third-order valence-electron chi connectivity index (χ3n) is 5.64. The van der Waals surface area contributed by atoms with E-state index in [1.165, 1.54) is 79.7 Å². The average molecular weight is 561 g/mol. The number of aromatic nitrogens is 2. The van der Waals surface area contributed by atoms with Crippen molar-refractivity contribution >= 4 is 29.4 Å². The molecule has 38 heavy (non-hydrogen) atoms. The van der Waals surface area contributed by atoms with Crippen LogP contribution < -0.4 is 4.74 Å². The second-order valence-electron chi connectivity index (χ2n) is 8.02. The molecule has 0 bridgehead atoms. The van der Waals surface area contributed by atoms with Crippen LogP contribution in [0.3, 0.4) is 0 Å². The lowest BCUT2D eigenvalue weighted by molar-refractivity contribution is 0.211. The number of imidazole rings is 1. The first kappa shape index (κ1) is 27.6. The minimum Gasteiger partial charge on any atom is -0.501 e. The Balaban J connectivity index is 1.88. The standard InChI is InChI=1S/C28H24ClF3N2O3S/c1-3-37-14-13-24-26(27(35)17-7-12-23(32)25(15-17)36-2)34(19-10-8-18(30)9-11-19)28(33-24)38-16-20-21(29)5-4-6-22(20)31/h4-15,27,35H,3,16H2,1-2H3. The molecule has 0 aliphatic heterocycles. The largest absolute Gasteiger partial charge is 0.501 e. The fourth-order valence-electron chi connectivity index (χ4n) is 3.77. The molecule has 0 spiro atoms. The van der Waals surface area contributed by atoms with Crippen LogP contribution in [0.5, 0.6) is 5.75 Å². The summed E-state index contributed by atoms with van der Waals surface area (Å²) in [5.41, 5.74) is 1.79. The van der Waals surface area contributed by atoms with Gasteiger partial charge in [-0.3, -0.25) is 4.57 Å². The normalized spacial score (nSPS) is 12.2. The van der Waals surface area contributed by atoms with E-state index in [9.17, 15) is 18.3 Å². The predicted octanol–water partition coefficient (Wildman–Crippen LogP) is 7.33. The summed E-state index contributed by atoms with van der Waals surface area (Å²) in [5.74, 6) is -1.38. The Kier molecular flexibility index (Phi) is 9.04. The smallest absolute Gasteiger partial charge is 0.173 e. The van der Waals surface area contributed by atoms with Crippen molar-refractivity contribution in [3.8, 4) is 11.4 Å². The molecule has 4 rings (SSSR count). The average Bonchev–Trinajstić information content (AvgIpc) is 3.27. The first-order valence-electron chi connectivity index (χ1n) is 11.6. The highest BCUT2D eigenvalue weighted by atomic mass is 35.5. The highest BCUT2D eigenvalue weighted by Crippen LogP contribution is 2.37. The van der Waals surface area contributed by atoms with Gasteiger partial charge in [-0.05, 0) is 61.0 Å². The van der Waals surface area contributed by atoms with Gasteiger partial charge in [0.05, 0.1) is 31.4 Å².